The minimum atomic E-state index is -0.990. The summed E-state index contributed by atoms with van der Waals surface area (Å²) in [5.74, 6) is -0.386. The first kappa shape index (κ1) is 19.2. The Hall–Kier alpha value is -1.79. The van der Waals surface area contributed by atoms with E-state index in [0.29, 0.717) is 19.4 Å². The minimum Gasteiger partial charge on any atom is -0.409 e. The third kappa shape index (κ3) is 4.91. The lowest BCUT2D eigenvalue weighted by Crippen LogP contribution is -2.51. The van der Waals surface area contributed by atoms with E-state index in [1.807, 2.05) is 13.8 Å². The predicted molar refractivity (Wildman–Crippen MR) is 82.0 cm³/mol. The van der Waals surface area contributed by atoms with E-state index in [4.69, 9.17) is 10.9 Å². The summed E-state index contributed by atoms with van der Waals surface area (Å²) < 4.78 is 0. The number of hydrogen-bond acceptors (Lipinski definition) is 4. The maximum absolute atomic E-state index is 12.8. The van der Waals surface area contributed by atoms with E-state index in [0.717, 1.165) is 12.8 Å². The van der Waals surface area contributed by atoms with Crippen LogP contribution in [0.4, 0.5) is 0 Å². The number of nitrogens with zero attached hydrogens (tertiary/aromatic N) is 2. The van der Waals surface area contributed by atoms with Gasteiger partial charge in [-0.2, -0.15) is 0 Å². The van der Waals surface area contributed by atoms with Crippen LogP contribution in [-0.4, -0.2) is 48.4 Å². The van der Waals surface area contributed by atoms with Crippen LogP contribution < -0.4 is 11.1 Å². The summed E-state index contributed by atoms with van der Waals surface area (Å²) in [5, 5.41) is 14.6. The molecule has 21 heavy (non-hydrogen) atoms. The number of carbonyl (C=O) groups excluding carboxylic acids is 2. The number of amidine groups is 1. The SMILES string of the molecule is CCCC(CCC)(C(=O)N(C)CCC(=O)NC)C(N)=NO. The van der Waals surface area contributed by atoms with Crippen molar-refractivity contribution in [3.63, 3.8) is 0 Å². The fourth-order valence-corrected chi connectivity index (χ4v) is 2.51. The summed E-state index contributed by atoms with van der Waals surface area (Å²) in [5.41, 5.74) is 4.83. The summed E-state index contributed by atoms with van der Waals surface area (Å²) in [6.45, 7) is 4.20. The molecule has 0 aromatic carbocycles. The molecule has 0 spiro atoms. The van der Waals surface area contributed by atoms with E-state index in [-0.39, 0.29) is 24.1 Å². The van der Waals surface area contributed by atoms with Gasteiger partial charge in [-0.3, -0.25) is 9.59 Å². The van der Waals surface area contributed by atoms with Crippen molar-refractivity contribution in [2.75, 3.05) is 20.6 Å². The Bertz CT molecular complexity index is 376. The Morgan fingerprint density at radius 1 is 1.29 bits per heavy atom. The molecular weight excluding hydrogens is 272 g/mol. The van der Waals surface area contributed by atoms with Gasteiger partial charge in [0.05, 0.1) is 0 Å². The van der Waals surface area contributed by atoms with Gasteiger partial charge in [-0.15, -0.1) is 0 Å². The quantitative estimate of drug-likeness (QED) is 0.254. The molecule has 122 valence electrons. The van der Waals surface area contributed by atoms with Gasteiger partial charge in [-0.25, -0.2) is 0 Å². The highest BCUT2D eigenvalue weighted by atomic mass is 16.4. The molecule has 0 heterocycles. The zero-order chi connectivity index (χ0) is 16.5. The number of nitrogens with one attached hydrogen (secondary N) is 1. The van der Waals surface area contributed by atoms with Gasteiger partial charge < -0.3 is 21.2 Å². The molecule has 7 heteroatoms. The highest BCUT2D eigenvalue weighted by Crippen LogP contribution is 2.32. The molecule has 0 atom stereocenters. The maximum atomic E-state index is 12.8. The van der Waals surface area contributed by atoms with Crippen LogP contribution in [0.1, 0.15) is 46.0 Å². The van der Waals surface area contributed by atoms with Crippen molar-refractivity contribution in [2.45, 2.75) is 46.0 Å². The second kappa shape index (κ2) is 9.20. The molecule has 0 saturated carbocycles. The van der Waals surface area contributed by atoms with Crippen LogP contribution in [-0.2, 0) is 9.59 Å². The van der Waals surface area contributed by atoms with Gasteiger partial charge in [-0.1, -0.05) is 31.8 Å². The molecular formula is C14H28N4O3. The van der Waals surface area contributed by atoms with Crippen LogP contribution in [0, 0.1) is 5.41 Å². The molecule has 0 bridgehead atoms. The van der Waals surface area contributed by atoms with Crippen LogP contribution in [0.2, 0.25) is 0 Å². The van der Waals surface area contributed by atoms with E-state index in [1.54, 1.807) is 14.1 Å². The Kier molecular flexibility index (Phi) is 8.42. The molecule has 4 N–H and O–H groups in total. The third-order valence-corrected chi connectivity index (χ3v) is 3.66. The summed E-state index contributed by atoms with van der Waals surface area (Å²) in [6.07, 6.45) is 2.74. The van der Waals surface area contributed by atoms with Crippen molar-refractivity contribution < 1.29 is 14.8 Å². The normalized spacial score (nSPS) is 12.1. The molecule has 7 nitrogen and oxygen atoms in total. The Morgan fingerprint density at radius 2 is 1.81 bits per heavy atom. The monoisotopic (exact) mass is 300 g/mol. The topological polar surface area (TPSA) is 108 Å². The fourth-order valence-electron chi connectivity index (χ4n) is 2.51. The predicted octanol–water partition coefficient (Wildman–Crippen LogP) is 0.914. The van der Waals surface area contributed by atoms with Crippen LogP contribution >= 0.6 is 0 Å². The van der Waals surface area contributed by atoms with Crippen LogP contribution in [0.3, 0.4) is 0 Å². The summed E-state index contributed by atoms with van der Waals surface area (Å²) in [7, 11) is 3.19. The molecule has 0 rings (SSSR count). The maximum Gasteiger partial charge on any atom is 0.236 e. The molecule has 0 radical (unpaired) electrons. The lowest BCUT2D eigenvalue weighted by atomic mass is 9.76. The first-order chi connectivity index (χ1) is 9.89. The Balaban J connectivity index is 5.21. The molecule has 0 saturated heterocycles. The molecule has 2 amide bonds. The summed E-state index contributed by atoms with van der Waals surface area (Å²) in [4.78, 5) is 25.5. The van der Waals surface area contributed by atoms with Crippen molar-refractivity contribution in [3.8, 4) is 0 Å². The molecule has 0 aromatic heterocycles. The van der Waals surface area contributed by atoms with Crippen molar-refractivity contribution in [2.24, 2.45) is 16.3 Å². The lowest BCUT2D eigenvalue weighted by molar-refractivity contribution is -0.138. The third-order valence-electron chi connectivity index (χ3n) is 3.66. The second-order valence-electron chi connectivity index (χ2n) is 5.22. The Labute approximate surface area is 126 Å². The zero-order valence-electron chi connectivity index (χ0n) is 13.5. The minimum absolute atomic E-state index is 0.0528. The van der Waals surface area contributed by atoms with E-state index in [1.165, 1.54) is 4.90 Å². The van der Waals surface area contributed by atoms with Gasteiger partial charge in [0.2, 0.25) is 11.8 Å². The van der Waals surface area contributed by atoms with Gasteiger partial charge >= 0.3 is 0 Å². The van der Waals surface area contributed by atoms with Gasteiger partial charge in [0.1, 0.15) is 5.41 Å². The van der Waals surface area contributed by atoms with Crippen molar-refractivity contribution in [1.29, 1.82) is 0 Å². The average molecular weight is 300 g/mol. The number of amides is 2. The molecule has 0 unspecified atom stereocenters. The highest BCUT2D eigenvalue weighted by molar-refractivity contribution is 6.06. The van der Waals surface area contributed by atoms with Gasteiger partial charge in [0.15, 0.2) is 5.84 Å². The molecule has 0 fully saturated rings. The molecule has 0 aliphatic heterocycles. The van der Waals surface area contributed by atoms with E-state index < -0.39 is 5.41 Å². The number of carbonyl (C=O) groups is 2. The summed E-state index contributed by atoms with van der Waals surface area (Å²) >= 11 is 0. The zero-order valence-corrected chi connectivity index (χ0v) is 13.5. The molecule has 0 aromatic rings. The van der Waals surface area contributed by atoms with Crippen molar-refractivity contribution >= 4 is 17.6 Å². The number of nitrogens with two attached hydrogens (primary N) is 1. The number of oxime groups is 1. The second-order valence-corrected chi connectivity index (χ2v) is 5.22. The molecule has 0 aliphatic carbocycles. The van der Waals surface area contributed by atoms with Crippen LogP contribution in [0.5, 0.6) is 0 Å². The van der Waals surface area contributed by atoms with E-state index >= 15 is 0 Å². The van der Waals surface area contributed by atoms with Crippen molar-refractivity contribution in [3.05, 3.63) is 0 Å². The van der Waals surface area contributed by atoms with Gasteiger partial charge in [0.25, 0.3) is 0 Å². The fraction of sp³-hybridized carbons (Fsp3) is 0.786. The molecule has 0 aliphatic rings. The Morgan fingerprint density at radius 3 is 2.19 bits per heavy atom. The largest absolute Gasteiger partial charge is 0.409 e. The van der Waals surface area contributed by atoms with Gasteiger partial charge in [0, 0.05) is 27.1 Å². The number of hydrogen-bond donors (Lipinski definition) is 3. The standard InChI is InChI=1S/C14H28N4O3/c1-5-8-14(9-6-2,12(15)17-21)13(20)18(4)10-7-11(19)16-3/h21H,5-10H2,1-4H3,(H2,15,17)(H,16,19). The average Bonchev–Trinajstić information content (AvgIpc) is 2.50. The summed E-state index contributed by atoms with van der Waals surface area (Å²) in [6, 6.07) is 0. The van der Waals surface area contributed by atoms with Crippen LogP contribution in [0.25, 0.3) is 0 Å². The first-order valence-corrected chi connectivity index (χ1v) is 7.33. The highest BCUT2D eigenvalue weighted by Gasteiger charge is 2.43. The lowest BCUT2D eigenvalue weighted by Gasteiger charge is -2.34. The van der Waals surface area contributed by atoms with E-state index in [2.05, 4.69) is 10.5 Å². The first-order valence-electron chi connectivity index (χ1n) is 7.33. The van der Waals surface area contributed by atoms with Crippen LogP contribution in [0.15, 0.2) is 5.16 Å². The smallest absolute Gasteiger partial charge is 0.236 e. The van der Waals surface area contributed by atoms with E-state index in [9.17, 15) is 9.59 Å². The number of rotatable bonds is 9. The van der Waals surface area contributed by atoms with Gasteiger partial charge in [-0.05, 0) is 12.8 Å². The van der Waals surface area contributed by atoms with Crippen molar-refractivity contribution in [1.82, 2.24) is 10.2 Å².